The maximum atomic E-state index is 13.7. The van der Waals surface area contributed by atoms with Crippen molar-refractivity contribution < 1.29 is 47.1 Å². The lowest BCUT2D eigenvalue weighted by Crippen LogP contribution is -2.37. The molecule has 2 saturated heterocycles. The number of ether oxygens (including phenoxy) is 1. The van der Waals surface area contributed by atoms with E-state index in [4.69, 9.17) is 28.6 Å². The summed E-state index contributed by atoms with van der Waals surface area (Å²) in [5.41, 5.74) is 4.73. The van der Waals surface area contributed by atoms with Crippen molar-refractivity contribution in [3.8, 4) is 0 Å². The van der Waals surface area contributed by atoms with Gasteiger partial charge < -0.3 is 35.1 Å². The third-order valence-corrected chi connectivity index (χ3v) is 11.9. The second kappa shape index (κ2) is 10.8. The number of fused-ring (bicyclic) bond motifs is 4. The van der Waals surface area contributed by atoms with Crippen molar-refractivity contribution >= 4 is 55.0 Å². The molecular weight excluding hydrogens is 686 g/mol. The molecule has 2 unspecified atom stereocenters. The summed E-state index contributed by atoms with van der Waals surface area (Å²) in [5, 5.41) is 29.8. The van der Waals surface area contributed by atoms with Crippen LogP contribution in [0.5, 0.6) is 0 Å². The number of anilines is 1. The molecule has 0 radical (unpaired) electrons. The quantitative estimate of drug-likeness (QED) is 0.117. The molecule has 6 N–H and O–H groups in total. The summed E-state index contributed by atoms with van der Waals surface area (Å²) in [4.78, 5) is 42.7. The van der Waals surface area contributed by atoms with Crippen LogP contribution in [0.25, 0.3) is 22.3 Å². The van der Waals surface area contributed by atoms with Crippen molar-refractivity contribution in [1.82, 2.24) is 44.5 Å². The molecule has 6 heterocycles. The Labute approximate surface area is 268 Å². The number of hydrogen-bond acceptors (Lipinski definition) is 17. The Balaban J connectivity index is 1.15. The van der Waals surface area contributed by atoms with Crippen LogP contribution in [0, 0.1) is 24.2 Å². The fourth-order valence-corrected chi connectivity index (χ4v) is 9.65. The monoisotopic (exact) mass is 714 g/mol. The first kappa shape index (κ1) is 31.4. The molecular formula is C23H28N10O11P2S. The number of phosphoric ester groups is 1. The van der Waals surface area contributed by atoms with Gasteiger partial charge in [-0.1, -0.05) is 17.5 Å². The number of rotatable bonds is 3. The number of H-pyrrole nitrogens is 1. The Morgan fingerprint density at radius 3 is 2.79 bits per heavy atom. The summed E-state index contributed by atoms with van der Waals surface area (Å²) in [6.45, 7) is -4.37. The molecule has 2 bridgehead atoms. The lowest BCUT2D eigenvalue weighted by Gasteiger charge is -2.30. The minimum Gasteiger partial charge on any atom is -0.396 e. The summed E-state index contributed by atoms with van der Waals surface area (Å²) >= 11 is 4.17. The number of aromatic amines is 1. The summed E-state index contributed by atoms with van der Waals surface area (Å²) in [5.74, 6) is -1.13. The standard InChI is InChI=1S/C23H28N10O11P2S/c1-8-28-20-13(21(36)29-8)30-31-33(20)22-16-9(3-34)11(42-22)4-40-46(39,47)44-17-15(35)14(10-2-23(10,17)5-41-45(37,38)43-16)32-7-27-12-18(24)25-6-26-19(12)32/h6-7,9-11,14-17,22,34-35H,2-5H2,1H3,(H,37,38)(H,39,47)(H2,24,25,26)(H,28,29,36)/t9-,10-,11-,14-,15+,16-,17+,22-,23?,46-/m1/s1. The van der Waals surface area contributed by atoms with Gasteiger partial charge in [-0.3, -0.25) is 22.9 Å². The molecule has 11 atom stereocenters. The predicted molar refractivity (Wildman–Crippen MR) is 159 cm³/mol. The van der Waals surface area contributed by atoms with Crippen molar-refractivity contribution in [1.29, 1.82) is 0 Å². The van der Waals surface area contributed by atoms with Crippen LogP contribution in [0.15, 0.2) is 17.4 Å². The maximum absolute atomic E-state index is 13.7. The van der Waals surface area contributed by atoms with E-state index < -0.39 is 93.9 Å². The Hall–Kier alpha value is -2.88. The number of imidazole rings is 1. The van der Waals surface area contributed by atoms with E-state index in [0.29, 0.717) is 17.6 Å². The lowest BCUT2D eigenvalue weighted by atomic mass is 9.99. The summed E-state index contributed by atoms with van der Waals surface area (Å²) in [6.07, 6.45) is -3.51. The zero-order chi connectivity index (χ0) is 33.0. The molecule has 4 aromatic heterocycles. The molecule has 1 spiro atoms. The molecule has 24 heteroatoms. The molecule has 8 rings (SSSR count). The third-order valence-electron chi connectivity index (χ3n) is 9.33. The zero-order valence-corrected chi connectivity index (χ0v) is 26.9. The average molecular weight is 715 g/mol. The highest BCUT2D eigenvalue weighted by Crippen LogP contribution is 2.73. The fraction of sp³-hybridized carbons (Fsp3) is 0.609. The number of nitrogens with zero attached hydrogens (tertiary/aromatic N) is 8. The maximum Gasteiger partial charge on any atom is 0.472 e. The molecule has 0 aromatic carbocycles. The van der Waals surface area contributed by atoms with E-state index in [2.05, 4.69) is 47.5 Å². The van der Waals surface area contributed by atoms with Crippen LogP contribution in [0.4, 0.5) is 5.82 Å². The molecule has 4 fully saturated rings. The summed E-state index contributed by atoms with van der Waals surface area (Å²) in [7, 11) is -4.97. The van der Waals surface area contributed by atoms with Crippen LogP contribution in [0.1, 0.15) is 24.5 Å². The molecule has 47 heavy (non-hydrogen) atoms. The fourth-order valence-electron chi connectivity index (χ4n) is 7.10. The number of aliphatic hydroxyl groups is 2. The molecule has 21 nitrogen and oxygen atoms in total. The smallest absolute Gasteiger partial charge is 0.396 e. The zero-order valence-electron chi connectivity index (χ0n) is 24.2. The topological polar surface area (TPSA) is 287 Å². The van der Waals surface area contributed by atoms with Crippen molar-refractivity contribution in [3.05, 3.63) is 28.8 Å². The van der Waals surface area contributed by atoms with Gasteiger partial charge in [0.05, 0.1) is 38.3 Å². The largest absolute Gasteiger partial charge is 0.472 e. The molecule has 2 aliphatic carbocycles. The first-order valence-corrected chi connectivity index (χ1v) is 18.5. The van der Waals surface area contributed by atoms with Crippen molar-refractivity contribution in [2.75, 3.05) is 25.6 Å². The summed E-state index contributed by atoms with van der Waals surface area (Å²) < 4.78 is 58.8. The van der Waals surface area contributed by atoms with Gasteiger partial charge >= 0.3 is 14.6 Å². The number of aromatic nitrogens is 9. The molecule has 4 aromatic rings. The van der Waals surface area contributed by atoms with Crippen molar-refractivity contribution in [2.45, 2.75) is 50.0 Å². The average Bonchev–Trinajstić information content (AvgIpc) is 3.30. The second-order valence-corrected chi connectivity index (χ2v) is 16.3. The van der Waals surface area contributed by atoms with E-state index >= 15 is 0 Å². The van der Waals surface area contributed by atoms with Gasteiger partial charge in [0.2, 0.25) is 0 Å². The van der Waals surface area contributed by atoms with Gasteiger partial charge in [0.1, 0.15) is 36.0 Å². The first-order valence-electron chi connectivity index (χ1n) is 14.3. The van der Waals surface area contributed by atoms with E-state index in [-0.39, 0.29) is 22.8 Å². The lowest BCUT2D eigenvalue weighted by molar-refractivity contribution is -0.0637. The molecule has 2 saturated carbocycles. The highest BCUT2D eigenvalue weighted by atomic mass is 32.7. The first-order chi connectivity index (χ1) is 22.3. The highest BCUT2D eigenvalue weighted by Gasteiger charge is 2.74. The number of phosphoric acid groups is 1. The molecule has 2 aliphatic heterocycles. The molecule has 0 amide bonds. The normalized spacial score (nSPS) is 40.4. The van der Waals surface area contributed by atoms with E-state index in [1.54, 1.807) is 4.57 Å². The van der Waals surface area contributed by atoms with Crippen LogP contribution in [0.2, 0.25) is 0 Å². The highest BCUT2D eigenvalue weighted by molar-refractivity contribution is 8.44. The number of nitrogen functional groups attached to an aromatic ring is 1. The van der Waals surface area contributed by atoms with Gasteiger partial charge in [-0.15, -0.1) is 5.10 Å². The summed E-state index contributed by atoms with van der Waals surface area (Å²) in [6, 6.07) is -0.745. The van der Waals surface area contributed by atoms with Crippen LogP contribution >= 0.6 is 26.9 Å². The minimum atomic E-state index is -4.97. The third kappa shape index (κ3) is 4.97. The Bertz CT molecular complexity index is 2060. The minimum absolute atomic E-state index is 0.0197. The Morgan fingerprint density at radius 2 is 2.00 bits per heavy atom. The number of aryl methyl sites for hydroxylation is 1. The van der Waals surface area contributed by atoms with Crippen LogP contribution < -0.4 is 11.3 Å². The Kier molecular flexibility index (Phi) is 7.22. The number of nitrogens with two attached hydrogens (primary N) is 1. The van der Waals surface area contributed by atoms with Crippen molar-refractivity contribution in [3.63, 3.8) is 0 Å². The number of hydrogen-bond donors (Lipinski definition) is 6. The van der Waals surface area contributed by atoms with Crippen LogP contribution in [0.3, 0.4) is 0 Å². The van der Waals surface area contributed by atoms with E-state index in [0.717, 1.165) is 4.68 Å². The molecule has 4 aliphatic rings. The van der Waals surface area contributed by atoms with E-state index in [1.807, 2.05) is 0 Å². The SMILES string of the molecule is Cc1nc2c(nnn2[C@@H]2O[C@@H]3CO[P@@](=O)(S)O[C@H]4[C@@H](O)[C@H](n5cnc6c(N)ncnc65)[C@H]5CC54COP(=O)(O)O[C@@H]2[C@@H]3CO)c(=O)[nH]1. The van der Waals surface area contributed by atoms with Gasteiger partial charge in [0.15, 0.2) is 28.9 Å². The van der Waals surface area contributed by atoms with E-state index in [1.165, 1.54) is 19.6 Å². The van der Waals surface area contributed by atoms with Gasteiger partial charge in [-0.2, -0.15) is 4.68 Å². The van der Waals surface area contributed by atoms with Gasteiger partial charge in [0, 0.05) is 11.3 Å². The van der Waals surface area contributed by atoms with Crippen molar-refractivity contribution in [2.24, 2.45) is 17.3 Å². The van der Waals surface area contributed by atoms with Gasteiger partial charge in [-0.25, -0.2) is 29.1 Å². The van der Waals surface area contributed by atoms with Crippen LogP contribution in [-0.2, 0) is 32.0 Å². The molecule has 252 valence electrons. The number of aliphatic hydroxyl groups excluding tert-OH is 2. The second-order valence-electron chi connectivity index (χ2n) is 12.0. The number of thiol groups is 1. The van der Waals surface area contributed by atoms with Gasteiger partial charge in [-0.05, 0) is 19.3 Å². The van der Waals surface area contributed by atoms with Crippen LogP contribution in [-0.4, -0.2) is 104 Å². The van der Waals surface area contributed by atoms with Gasteiger partial charge in [0.25, 0.3) is 5.56 Å². The van der Waals surface area contributed by atoms with E-state index in [9.17, 15) is 29.0 Å². The predicted octanol–water partition coefficient (Wildman–Crippen LogP) is -0.372. The Morgan fingerprint density at radius 1 is 1.19 bits per heavy atom. The number of nitrogens with one attached hydrogen (secondary N) is 1.